The van der Waals surface area contributed by atoms with Crippen molar-refractivity contribution in [1.29, 1.82) is 0 Å². The normalized spacial score (nSPS) is 9.52. The van der Waals surface area contributed by atoms with Crippen LogP contribution in [-0.2, 0) is 0 Å². The predicted molar refractivity (Wildman–Crippen MR) is 134 cm³/mol. The van der Waals surface area contributed by atoms with Gasteiger partial charge in [0.15, 0.2) is 0 Å². The van der Waals surface area contributed by atoms with Crippen molar-refractivity contribution in [3.63, 3.8) is 0 Å². The molecule has 0 atom stereocenters. The molecule has 4 rings (SSSR count). The molecule has 0 bridgehead atoms. The minimum Gasteiger partial charge on any atom is -0.506 e. The van der Waals surface area contributed by atoms with Gasteiger partial charge in [0, 0.05) is 12.1 Å². The Labute approximate surface area is 194 Å². The Hall–Kier alpha value is -4.32. The zero-order valence-corrected chi connectivity index (χ0v) is 18.8. The fraction of sp³-hybridized carbons (Fsp3) is 0.111. The zero-order chi connectivity index (χ0) is 24.1. The molecule has 0 aliphatic rings. The van der Waals surface area contributed by atoms with Crippen LogP contribution in [0.2, 0.25) is 0 Å². The molecule has 4 aromatic carbocycles. The van der Waals surface area contributed by atoms with Crippen LogP contribution in [0.4, 0.5) is 11.4 Å². The Morgan fingerprint density at radius 3 is 1.18 bits per heavy atom. The lowest BCUT2D eigenvalue weighted by molar-refractivity contribution is 0.456. The van der Waals surface area contributed by atoms with Gasteiger partial charge in [-0.3, -0.25) is 0 Å². The Bertz CT molecular complexity index is 1010. The van der Waals surface area contributed by atoms with Crippen LogP contribution in [0.5, 0.6) is 34.5 Å². The van der Waals surface area contributed by atoms with E-state index in [2.05, 4.69) is 13.8 Å². The second-order valence-corrected chi connectivity index (χ2v) is 6.98. The highest BCUT2D eigenvalue weighted by Gasteiger charge is 2.01. The van der Waals surface area contributed by atoms with Crippen LogP contribution < -0.4 is 20.9 Å². The Kier molecular flexibility index (Phi) is 9.95. The maximum atomic E-state index is 9.37. The van der Waals surface area contributed by atoms with Crippen molar-refractivity contribution in [2.24, 2.45) is 0 Å². The number of benzene rings is 4. The van der Waals surface area contributed by atoms with Gasteiger partial charge in [-0.2, -0.15) is 0 Å². The summed E-state index contributed by atoms with van der Waals surface area (Å²) in [5, 5.41) is 18.7. The van der Waals surface area contributed by atoms with Crippen LogP contribution in [0, 0.1) is 0 Å². The van der Waals surface area contributed by atoms with Gasteiger partial charge in [-0.1, -0.05) is 56.7 Å². The van der Waals surface area contributed by atoms with E-state index in [1.54, 1.807) is 24.3 Å². The van der Waals surface area contributed by atoms with E-state index < -0.39 is 0 Å². The number of nitrogen functional groups attached to an aromatic ring is 2. The summed E-state index contributed by atoms with van der Waals surface area (Å²) >= 11 is 0. The molecule has 0 aliphatic carbocycles. The molecule has 172 valence electrons. The molecule has 0 saturated heterocycles. The molecule has 4 aromatic rings. The summed E-state index contributed by atoms with van der Waals surface area (Å²) in [4.78, 5) is 0. The monoisotopic (exact) mass is 446 g/mol. The number of nitrogens with two attached hydrogens (primary N) is 2. The molecule has 6 nitrogen and oxygen atoms in total. The number of phenolic OH excluding ortho intramolecular Hbond substituents is 2. The summed E-state index contributed by atoms with van der Waals surface area (Å²) in [6, 6.07) is 28.3. The van der Waals surface area contributed by atoms with Crippen molar-refractivity contribution in [3.8, 4) is 34.5 Å². The maximum absolute atomic E-state index is 9.37. The summed E-state index contributed by atoms with van der Waals surface area (Å²) < 4.78 is 11.0. The number of rotatable bonds is 4. The smallest absolute Gasteiger partial charge is 0.142 e. The van der Waals surface area contributed by atoms with Gasteiger partial charge < -0.3 is 31.2 Å². The maximum Gasteiger partial charge on any atom is 0.142 e. The van der Waals surface area contributed by atoms with Crippen LogP contribution in [0.25, 0.3) is 0 Å². The average Bonchev–Trinajstić information content (AvgIpc) is 2.81. The molecular weight excluding hydrogens is 416 g/mol. The van der Waals surface area contributed by atoms with Gasteiger partial charge >= 0.3 is 0 Å². The van der Waals surface area contributed by atoms with E-state index in [1.165, 1.54) is 18.6 Å². The number of para-hydroxylation sites is 2. The second kappa shape index (κ2) is 13.2. The van der Waals surface area contributed by atoms with E-state index in [4.69, 9.17) is 20.9 Å². The summed E-state index contributed by atoms with van der Waals surface area (Å²) in [5.41, 5.74) is 11.6. The number of anilines is 2. The molecular formula is C27H30N2O4. The molecule has 0 aromatic heterocycles. The highest BCUT2D eigenvalue weighted by molar-refractivity contribution is 5.55. The van der Waals surface area contributed by atoms with Gasteiger partial charge in [-0.25, -0.2) is 0 Å². The molecule has 0 amide bonds. The number of ether oxygens (including phenoxy) is 2. The Balaban J connectivity index is 0.000000209. The molecule has 0 spiro atoms. The van der Waals surface area contributed by atoms with Crippen molar-refractivity contribution in [3.05, 3.63) is 97.1 Å². The quantitative estimate of drug-likeness (QED) is 0.199. The van der Waals surface area contributed by atoms with Crippen molar-refractivity contribution < 1.29 is 19.7 Å². The van der Waals surface area contributed by atoms with Crippen LogP contribution >= 0.6 is 0 Å². The molecule has 33 heavy (non-hydrogen) atoms. The minimum absolute atomic E-state index is 0.0310. The van der Waals surface area contributed by atoms with Gasteiger partial charge in [-0.05, 0) is 48.5 Å². The first-order valence-corrected chi connectivity index (χ1v) is 10.6. The van der Waals surface area contributed by atoms with E-state index in [9.17, 15) is 10.2 Å². The van der Waals surface area contributed by atoms with Gasteiger partial charge in [-0.15, -0.1) is 0 Å². The van der Waals surface area contributed by atoms with Gasteiger partial charge in [0.25, 0.3) is 0 Å². The Morgan fingerprint density at radius 2 is 0.879 bits per heavy atom. The third-order valence-corrected chi connectivity index (χ3v) is 3.96. The molecule has 6 heteroatoms. The predicted octanol–water partition coefficient (Wildman–Crippen LogP) is 6.95. The number of aromatic hydroxyl groups is 2. The number of phenols is 2. The summed E-state index contributed by atoms with van der Waals surface area (Å²) in [6.07, 6.45) is 1.25. The topological polar surface area (TPSA) is 111 Å². The standard InChI is InChI=1S/2C12H11NO2.C3H8/c2*13-11-7-6-10(8-12(11)14)15-9-4-2-1-3-5-9;1-3-2/h2*1-8,14H,13H2;3H2,1-2H3. The average molecular weight is 447 g/mol. The Morgan fingerprint density at radius 1 is 0.545 bits per heavy atom. The highest BCUT2D eigenvalue weighted by atomic mass is 16.5. The lowest BCUT2D eigenvalue weighted by atomic mass is 10.3. The van der Waals surface area contributed by atoms with Crippen LogP contribution in [0.15, 0.2) is 97.1 Å². The lowest BCUT2D eigenvalue weighted by Gasteiger charge is -2.06. The first-order valence-electron chi connectivity index (χ1n) is 10.6. The second-order valence-electron chi connectivity index (χ2n) is 6.98. The highest BCUT2D eigenvalue weighted by Crippen LogP contribution is 2.29. The van der Waals surface area contributed by atoms with Crippen molar-refractivity contribution in [2.75, 3.05) is 11.5 Å². The van der Waals surface area contributed by atoms with Gasteiger partial charge in [0.05, 0.1) is 11.4 Å². The number of hydrogen-bond acceptors (Lipinski definition) is 6. The minimum atomic E-state index is 0.0310. The summed E-state index contributed by atoms with van der Waals surface area (Å²) in [5.74, 6) is 2.64. The third kappa shape index (κ3) is 8.75. The van der Waals surface area contributed by atoms with E-state index in [0.717, 1.165) is 11.5 Å². The molecule has 0 radical (unpaired) electrons. The van der Waals surface area contributed by atoms with E-state index >= 15 is 0 Å². The molecule has 0 unspecified atom stereocenters. The van der Waals surface area contributed by atoms with Crippen LogP contribution in [-0.4, -0.2) is 10.2 Å². The molecule has 0 aliphatic heterocycles. The largest absolute Gasteiger partial charge is 0.506 e. The molecule has 6 N–H and O–H groups in total. The van der Waals surface area contributed by atoms with E-state index in [-0.39, 0.29) is 11.5 Å². The van der Waals surface area contributed by atoms with E-state index in [0.29, 0.717) is 22.9 Å². The van der Waals surface area contributed by atoms with Crippen molar-refractivity contribution in [1.82, 2.24) is 0 Å². The van der Waals surface area contributed by atoms with Gasteiger partial charge in [0.2, 0.25) is 0 Å². The zero-order valence-electron chi connectivity index (χ0n) is 18.8. The van der Waals surface area contributed by atoms with Gasteiger partial charge in [0.1, 0.15) is 34.5 Å². The van der Waals surface area contributed by atoms with Crippen LogP contribution in [0.3, 0.4) is 0 Å². The fourth-order valence-electron chi connectivity index (χ4n) is 2.42. The first-order chi connectivity index (χ1) is 15.9. The summed E-state index contributed by atoms with van der Waals surface area (Å²) in [7, 11) is 0. The molecule has 0 saturated carbocycles. The SMILES string of the molecule is CCC.Nc1ccc(Oc2ccccc2)cc1O.Nc1ccc(Oc2ccccc2)cc1O. The van der Waals surface area contributed by atoms with Crippen LogP contribution in [0.1, 0.15) is 20.3 Å². The third-order valence-electron chi connectivity index (χ3n) is 3.96. The van der Waals surface area contributed by atoms with E-state index in [1.807, 2.05) is 60.7 Å². The van der Waals surface area contributed by atoms with Crippen molar-refractivity contribution >= 4 is 11.4 Å². The summed E-state index contributed by atoms with van der Waals surface area (Å²) in [6.45, 7) is 4.25. The van der Waals surface area contributed by atoms with Crippen molar-refractivity contribution in [2.45, 2.75) is 20.3 Å². The molecule has 0 heterocycles. The number of hydrogen-bond donors (Lipinski definition) is 4. The molecule has 0 fully saturated rings. The lowest BCUT2D eigenvalue weighted by Crippen LogP contribution is -1.87. The first kappa shape index (κ1) is 24.9. The fourth-order valence-corrected chi connectivity index (χ4v) is 2.42.